The first-order chi connectivity index (χ1) is 9.66. The molecule has 20 heavy (non-hydrogen) atoms. The number of aryl methyl sites for hydroxylation is 1. The molecule has 4 heteroatoms. The van der Waals surface area contributed by atoms with Gasteiger partial charge >= 0.3 is 5.97 Å². The molecule has 0 aliphatic rings. The number of benzene rings is 2. The third-order valence-electron chi connectivity index (χ3n) is 2.89. The van der Waals surface area contributed by atoms with Crippen molar-refractivity contribution >= 4 is 33.7 Å². The molecule has 0 bridgehead atoms. The number of hydrogen-bond donors (Lipinski definition) is 1. The minimum absolute atomic E-state index is 0.318. The van der Waals surface area contributed by atoms with Crippen LogP contribution in [0.2, 0.25) is 0 Å². The van der Waals surface area contributed by atoms with Crippen LogP contribution in [0.15, 0.2) is 57.9 Å². The summed E-state index contributed by atoms with van der Waals surface area (Å²) in [5.74, 6) is 0.0823. The molecule has 0 aliphatic carbocycles. The molecule has 2 rings (SSSR count). The lowest BCUT2D eigenvalue weighted by molar-refractivity contribution is 0.0695. The topological polar surface area (TPSA) is 37.3 Å². The van der Waals surface area contributed by atoms with E-state index in [2.05, 4.69) is 40.2 Å². The molecular weight excluding hydrogens is 336 g/mol. The van der Waals surface area contributed by atoms with E-state index in [-0.39, 0.29) is 0 Å². The molecule has 0 aromatic heterocycles. The predicted octanol–water partition coefficient (Wildman–Crippen LogP) is 4.87. The van der Waals surface area contributed by atoms with Crippen molar-refractivity contribution in [3.63, 3.8) is 0 Å². The highest BCUT2D eigenvalue weighted by Gasteiger charge is 2.09. The molecule has 0 heterocycles. The molecular formula is C16H15BrO2S. The van der Waals surface area contributed by atoms with Crippen molar-refractivity contribution in [2.45, 2.75) is 17.7 Å². The van der Waals surface area contributed by atoms with E-state index >= 15 is 0 Å². The number of hydrogen-bond acceptors (Lipinski definition) is 2. The second-order valence-corrected chi connectivity index (χ2v) is 6.41. The van der Waals surface area contributed by atoms with Gasteiger partial charge in [0.05, 0.1) is 5.56 Å². The van der Waals surface area contributed by atoms with E-state index in [0.717, 1.165) is 23.5 Å². The largest absolute Gasteiger partial charge is 0.478 e. The van der Waals surface area contributed by atoms with Gasteiger partial charge in [-0.3, -0.25) is 0 Å². The van der Waals surface area contributed by atoms with E-state index in [1.165, 1.54) is 5.56 Å². The van der Waals surface area contributed by atoms with E-state index in [9.17, 15) is 4.79 Å². The summed E-state index contributed by atoms with van der Waals surface area (Å²) in [5.41, 5.74) is 1.66. The van der Waals surface area contributed by atoms with Crippen LogP contribution < -0.4 is 0 Å². The molecule has 0 spiro atoms. The second-order valence-electron chi connectivity index (χ2n) is 4.38. The lowest BCUT2D eigenvalue weighted by atomic mass is 10.1. The lowest BCUT2D eigenvalue weighted by Crippen LogP contribution is -1.97. The third-order valence-corrected chi connectivity index (χ3v) is 4.66. The van der Waals surface area contributed by atoms with Gasteiger partial charge in [0.15, 0.2) is 0 Å². The Balaban J connectivity index is 1.85. The number of thioether (sulfide) groups is 1. The van der Waals surface area contributed by atoms with Gasteiger partial charge in [-0.05, 0) is 58.3 Å². The molecule has 2 nitrogen and oxygen atoms in total. The first-order valence-electron chi connectivity index (χ1n) is 6.36. The van der Waals surface area contributed by atoms with Gasteiger partial charge in [0.2, 0.25) is 0 Å². The van der Waals surface area contributed by atoms with Crippen molar-refractivity contribution in [2.24, 2.45) is 0 Å². The van der Waals surface area contributed by atoms with Crippen LogP contribution in [0.3, 0.4) is 0 Å². The first kappa shape index (κ1) is 15.1. The molecule has 0 aliphatic heterocycles. The monoisotopic (exact) mass is 350 g/mol. The first-order valence-corrected chi connectivity index (χ1v) is 8.14. The minimum atomic E-state index is -0.899. The number of aromatic carboxylic acids is 1. The van der Waals surface area contributed by atoms with Crippen LogP contribution in [0.1, 0.15) is 22.3 Å². The molecule has 2 aromatic rings. The maximum Gasteiger partial charge on any atom is 0.336 e. The Kier molecular flexibility index (Phi) is 5.68. The highest BCUT2D eigenvalue weighted by Crippen LogP contribution is 2.25. The standard InChI is InChI=1S/C16H15BrO2S/c17-15-9-8-13(11-14(15)16(18)19)20-10-4-7-12-5-2-1-3-6-12/h1-3,5-6,8-9,11H,4,7,10H2,(H,18,19). The number of carbonyl (C=O) groups is 1. The molecule has 0 unspecified atom stereocenters. The predicted molar refractivity (Wildman–Crippen MR) is 86.6 cm³/mol. The summed E-state index contributed by atoms with van der Waals surface area (Å²) in [5, 5.41) is 9.07. The van der Waals surface area contributed by atoms with Crippen molar-refractivity contribution in [1.82, 2.24) is 0 Å². The van der Waals surface area contributed by atoms with Crippen LogP contribution in [0.4, 0.5) is 0 Å². The molecule has 0 radical (unpaired) electrons. The van der Waals surface area contributed by atoms with Crippen molar-refractivity contribution in [3.8, 4) is 0 Å². The van der Waals surface area contributed by atoms with Gasteiger partial charge in [0.1, 0.15) is 0 Å². The zero-order valence-electron chi connectivity index (χ0n) is 10.9. The van der Waals surface area contributed by atoms with Crippen molar-refractivity contribution in [1.29, 1.82) is 0 Å². The fourth-order valence-corrected chi connectivity index (χ4v) is 3.18. The second kappa shape index (κ2) is 7.50. The van der Waals surface area contributed by atoms with Crippen molar-refractivity contribution in [3.05, 3.63) is 64.1 Å². The fraction of sp³-hybridized carbons (Fsp3) is 0.188. The van der Waals surface area contributed by atoms with Crippen molar-refractivity contribution in [2.75, 3.05) is 5.75 Å². The highest BCUT2D eigenvalue weighted by atomic mass is 79.9. The van der Waals surface area contributed by atoms with E-state index in [1.807, 2.05) is 12.1 Å². The SMILES string of the molecule is O=C(O)c1cc(SCCCc2ccccc2)ccc1Br. The summed E-state index contributed by atoms with van der Waals surface area (Å²) in [4.78, 5) is 12.0. The van der Waals surface area contributed by atoms with Crippen LogP contribution in [0.5, 0.6) is 0 Å². The third kappa shape index (κ3) is 4.39. The molecule has 0 amide bonds. The number of carboxylic acids is 1. The number of carboxylic acid groups (broad SMARTS) is 1. The summed E-state index contributed by atoms with van der Waals surface area (Å²) >= 11 is 4.95. The molecule has 1 N–H and O–H groups in total. The molecule has 0 atom stereocenters. The summed E-state index contributed by atoms with van der Waals surface area (Å²) in [6.45, 7) is 0. The Morgan fingerprint density at radius 3 is 2.60 bits per heavy atom. The van der Waals surface area contributed by atoms with E-state index in [0.29, 0.717) is 10.0 Å². The van der Waals surface area contributed by atoms with Gasteiger partial charge in [-0.25, -0.2) is 4.79 Å². The Morgan fingerprint density at radius 1 is 1.15 bits per heavy atom. The number of rotatable bonds is 6. The van der Waals surface area contributed by atoms with Gasteiger partial charge in [-0.2, -0.15) is 0 Å². The summed E-state index contributed by atoms with van der Waals surface area (Å²) in [6, 6.07) is 15.9. The maximum absolute atomic E-state index is 11.0. The van der Waals surface area contributed by atoms with Gasteiger partial charge < -0.3 is 5.11 Å². The molecule has 104 valence electrons. The summed E-state index contributed by atoms with van der Waals surface area (Å²) < 4.78 is 0.624. The molecule has 0 saturated carbocycles. The van der Waals surface area contributed by atoms with E-state index in [4.69, 9.17) is 5.11 Å². The molecule has 0 saturated heterocycles. The highest BCUT2D eigenvalue weighted by molar-refractivity contribution is 9.10. The summed E-state index contributed by atoms with van der Waals surface area (Å²) in [6.07, 6.45) is 2.13. The van der Waals surface area contributed by atoms with Crippen LogP contribution >= 0.6 is 27.7 Å². The summed E-state index contributed by atoms with van der Waals surface area (Å²) in [7, 11) is 0. The van der Waals surface area contributed by atoms with E-state index < -0.39 is 5.97 Å². The van der Waals surface area contributed by atoms with Crippen LogP contribution in [-0.2, 0) is 6.42 Å². The maximum atomic E-state index is 11.0. The van der Waals surface area contributed by atoms with Crippen LogP contribution in [0.25, 0.3) is 0 Å². The zero-order chi connectivity index (χ0) is 14.4. The quantitative estimate of drug-likeness (QED) is 0.596. The Morgan fingerprint density at radius 2 is 1.90 bits per heavy atom. The minimum Gasteiger partial charge on any atom is -0.478 e. The van der Waals surface area contributed by atoms with Gasteiger partial charge in [-0.1, -0.05) is 30.3 Å². The van der Waals surface area contributed by atoms with Crippen LogP contribution in [-0.4, -0.2) is 16.8 Å². The van der Waals surface area contributed by atoms with Gasteiger partial charge in [0, 0.05) is 9.37 Å². The average molecular weight is 351 g/mol. The molecule has 0 fully saturated rings. The number of halogens is 1. The van der Waals surface area contributed by atoms with Crippen LogP contribution in [0, 0.1) is 0 Å². The van der Waals surface area contributed by atoms with Gasteiger partial charge in [-0.15, -0.1) is 11.8 Å². The smallest absolute Gasteiger partial charge is 0.336 e. The zero-order valence-corrected chi connectivity index (χ0v) is 13.3. The van der Waals surface area contributed by atoms with Gasteiger partial charge in [0.25, 0.3) is 0 Å². The Labute approximate surface area is 131 Å². The van der Waals surface area contributed by atoms with E-state index in [1.54, 1.807) is 23.9 Å². The fourth-order valence-electron chi connectivity index (χ4n) is 1.87. The lowest BCUT2D eigenvalue weighted by Gasteiger charge is -2.05. The average Bonchev–Trinajstić information content (AvgIpc) is 2.46. The molecule has 2 aromatic carbocycles. The normalized spacial score (nSPS) is 10.4. The Hall–Kier alpha value is -1.26. The van der Waals surface area contributed by atoms with Crippen molar-refractivity contribution < 1.29 is 9.90 Å². The Bertz CT molecular complexity index is 584.